The van der Waals surface area contributed by atoms with Crippen molar-refractivity contribution in [1.82, 2.24) is 19.8 Å². The summed E-state index contributed by atoms with van der Waals surface area (Å²) in [4.78, 5) is 25.8. The topological polar surface area (TPSA) is 49.3 Å². The van der Waals surface area contributed by atoms with Crippen molar-refractivity contribution >= 4 is 5.91 Å². The lowest BCUT2D eigenvalue weighted by atomic mass is 10.0. The maximum atomic E-state index is 12.6. The molecule has 1 aromatic heterocycles. The minimum Gasteiger partial charge on any atom is -0.334 e. The first-order valence-electron chi connectivity index (χ1n) is 8.31. The molecule has 1 aliphatic carbocycles. The van der Waals surface area contributed by atoms with E-state index in [2.05, 4.69) is 14.8 Å². The molecule has 5 nitrogen and oxygen atoms in total. The van der Waals surface area contributed by atoms with Gasteiger partial charge in [0.2, 0.25) is 5.91 Å². The van der Waals surface area contributed by atoms with Gasteiger partial charge in [-0.05, 0) is 52.6 Å². The lowest BCUT2D eigenvalue weighted by Gasteiger charge is -2.26. The SMILES string of the molecule is Cc1ncc(CN(C)C)c([C@@H]2CCCN2C(=O)CC2CC2)n1. The second-order valence-corrected chi connectivity index (χ2v) is 6.96. The van der Waals surface area contributed by atoms with E-state index >= 15 is 0 Å². The third-order valence-electron chi connectivity index (χ3n) is 4.55. The van der Waals surface area contributed by atoms with Gasteiger partial charge in [-0.3, -0.25) is 4.79 Å². The smallest absolute Gasteiger partial charge is 0.223 e. The van der Waals surface area contributed by atoms with Crippen molar-refractivity contribution in [2.45, 2.75) is 51.6 Å². The molecular weight excluding hydrogens is 276 g/mol. The van der Waals surface area contributed by atoms with E-state index < -0.39 is 0 Å². The molecule has 0 aromatic carbocycles. The number of hydrogen-bond acceptors (Lipinski definition) is 4. The largest absolute Gasteiger partial charge is 0.334 e. The van der Waals surface area contributed by atoms with E-state index in [-0.39, 0.29) is 6.04 Å². The molecule has 120 valence electrons. The van der Waals surface area contributed by atoms with Gasteiger partial charge in [0.25, 0.3) is 0 Å². The number of carbonyl (C=O) groups is 1. The number of hydrogen-bond donors (Lipinski definition) is 0. The Hall–Kier alpha value is -1.49. The molecule has 3 rings (SSSR count). The van der Waals surface area contributed by atoms with Gasteiger partial charge >= 0.3 is 0 Å². The minimum absolute atomic E-state index is 0.142. The van der Waals surface area contributed by atoms with Crippen LogP contribution in [0.2, 0.25) is 0 Å². The van der Waals surface area contributed by atoms with Crippen LogP contribution in [0.5, 0.6) is 0 Å². The van der Waals surface area contributed by atoms with Crippen molar-refractivity contribution in [2.24, 2.45) is 5.92 Å². The van der Waals surface area contributed by atoms with Gasteiger partial charge in [0.1, 0.15) is 5.82 Å². The molecule has 0 N–H and O–H groups in total. The van der Waals surface area contributed by atoms with Crippen LogP contribution in [-0.2, 0) is 11.3 Å². The maximum absolute atomic E-state index is 12.6. The molecule has 2 aliphatic rings. The predicted octanol–water partition coefficient (Wildman–Crippen LogP) is 2.31. The Morgan fingerprint density at radius 2 is 2.14 bits per heavy atom. The van der Waals surface area contributed by atoms with Gasteiger partial charge in [-0.25, -0.2) is 9.97 Å². The maximum Gasteiger partial charge on any atom is 0.223 e. The average molecular weight is 302 g/mol. The molecule has 1 aromatic rings. The Morgan fingerprint density at radius 1 is 1.36 bits per heavy atom. The molecule has 2 fully saturated rings. The second-order valence-electron chi connectivity index (χ2n) is 6.96. The monoisotopic (exact) mass is 302 g/mol. The predicted molar refractivity (Wildman–Crippen MR) is 85.2 cm³/mol. The van der Waals surface area contributed by atoms with Crippen LogP contribution < -0.4 is 0 Å². The Labute approximate surface area is 132 Å². The Bertz CT molecular complexity index is 554. The van der Waals surface area contributed by atoms with Gasteiger partial charge in [0.15, 0.2) is 0 Å². The third kappa shape index (κ3) is 3.46. The van der Waals surface area contributed by atoms with Crippen LogP contribution in [0.1, 0.15) is 55.2 Å². The van der Waals surface area contributed by atoms with E-state index in [4.69, 9.17) is 4.98 Å². The van der Waals surface area contributed by atoms with Gasteiger partial charge in [0, 0.05) is 31.3 Å². The van der Waals surface area contributed by atoms with E-state index in [0.717, 1.165) is 49.4 Å². The molecule has 1 saturated heterocycles. The van der Waals surface area contributed by atoms with Crippen molar-refractivity contribution < 1.29 is 4.79 Å². The van der Waals surface area contributed by atoms with Gasteiger partial charge < -0.3 is 9.80 Å². The van der Waals surface area contributed by atoms with E-state index in [0.29, 0.717) is 11.8 Å². The first-order chi connectivity index (χ1) is 10.5. The lowest BCUT2D eigenvalue weighted by Crippen LogP contribution is -2.32. The molecule has 1 saturated carbocycles. The second kappa shape index (κ2) is 6.32. The summed E-state index contributed by atoms with van der Waals surface area (Å²) in [6.07, 6.45) is 7.20. The number of likely N-dealkylation sites (tertiary alicyclic amines) is 1. The standard InChI is InChI=1S/C17H26N4O/c1-12-18-10-14(11-20(2)3)17(19-12)15-5-4-8-21(15)16(22)9-13-6-7-13/h10,13,15H,4-9,11H2,1-3H3/t15-/m0/s1. The lowest BCUT2D eigenvalue weighted by molar-refractivity contribution is -0.132. The quantitative estimate of drug-likeness (QED) is 0.837. The van der Waals surface area contributed by atoms with Crippen molar-refractivity contribution in [1.29, 1.82) is 0 Å². The molecule has 1 amide bonds. The average Bonchev–Trinajstić information content (AvgIpc) is 3.13. The fraction of sp³-hybridized carbons (Fsp3) is 0.706. The summed E-state index contributed by atoms with van der Waals surface area (Å²) in [6, 6.07) is 0.142. The zero-order valence-electron chi connectivity index (χ0n) is 13.9. The van der Waals surface area contributed by atoms with E-state index in [1.54, 1.807) is 0 Å². The van der Waals surface area contributed by atoms with Crippen LogP contribution >= 0.6 is 0 Å². The van der Waals surface area contributed by atoms with Gasteiger partial charge in [-0.2, -0.15) is 0 Å². The van der Waals surface area contributed by atoms with Crippen LogP contribution in [0.15, 0.2) is 6.20 Å². The summed E-state index contributed by atoms with van der Waals surface area (Å²) in [7, 11) is 4.10. The highest BCUT2D eigenvalue weighted by molar-refractivity contribution is 5.77. The van der Waals surface area contributed by atoms with Crippen molar-refractivity contribution in [3.63, 3.8) is 0 Å². The molecule has 1 atom stereocenters. The van der Waals surface area contributed by atoms with Gasteiger partial charge in [0.05, 0.1) is 11.7 Å². The van der Waals surface area contributed by atoms with Gasteiger partial charge in [-0.15, -0.1) is 0 Å². The fourth-order valence-electron chi connectivity index (χ4n) is 3.30. The Morgan fingerprint density at radius 3 is 2.82 bits per heavy atom. The fourth-order valence-corrected chi connectivity index (χ4v) is 3.30. The molecule has 0 radical (unpaired) electrons. The van der Waals surface area contributed by atoms with Crippen LogP contribution in [0.25, 0.3) is 0 Å². The summed E-state index contributed by atoms with van der Waals surface area (Å²) < 4.78 is 0. The Kier molecular flexibility index (Phi) is 4.43. The highest BCUT2D eigenvalue weighted by Gasteiger charge is 2.35. The van der Waals surface area contributed by atoms with Crippen molar-refractivity contribution in [2.75, 3.05) is 20.6 Å². The number of rotatable bonds is 5. The van der Waals surface area contributed by atoms with Crippen molar-refractivity contribution in [3.8, 4) is 0 Å². The molecule has 22 heavy (non-hydrogen) atoms. The summed E-state index contributed by atoms with van der Waals surface area (Å²) in [6.45, 7) is 3.62. The first kappa shape index (κ1) is 15.4. The summed E-state index contributed by atoms with van der Waals surface area (Å²) in [5, 5.41) is 0. The summed E-state index contributed by atoms with van der Waals surface area (Å²) in [5.74, 6) is 1.75. The highest BCUT2D eigenvalue weighted by atomic mass is 16.2. The molecule has 5 heteroatoms. The summed E-state index contributed by atoms with van der Waals surface area (Å²) >= 11 is 0. The van der Waals surface area contributed by atoms with E-state index in [1.807, 2.05) is 27.2 Å². The van der Waals surface area contributed by atoms with Gasteiger partial charge in [-0.1, -0.05) is 0 Å². The van der Waals surface area contributed by atoms with Crippen LogP contribution in [-0.4, -0.2) is 46.3 Å². The first-order valence-corrected chi connectivity index (χ1v) is 8.31. The van der Waals surface area contributed by atoms with Crippen molar-refractivity contribution in [3.05, 3.63) is 23.3 Å². The highest BCUT2D eigenvalue weighted by Crippen LogP contribution is 2.37. The summed E-state index contributed by atoms with van der Waals surface area (Å²) in [5.41, 5.74) is 2.20. The van der Waals surface area contributed by atoms with E-state index in [1.165, 1.54) is 12.8 Å². The number of carbonyl (C=O) groups excluding carboxylic acids is 1. The normalized spacial score (nSPS) is 21.6. The Balaban J connectivity index is 1.84. The molecule has 2 heterocycles. The molecule has 0 unspecified atom stereocenters. The van der Waals surface area contributed by atoms with Crippen LogP contribution in [0.3, 0.4) is 0 Å². The molecular formula is C17H26N4O. The van der Waals surface area contributed by atoms with Crippen LogP contribution in [0.4, 0.5) is 0 Å². The zero-order chi connectivity index (χ0) is 15.7. The number of aromatic nitrogens is 2. The minimum atomic E-state index is 0.142. The molecule has 0 bridgehead atoms. The number of nitrogens with zero attached hydrogens (tertiary/aromatic N) is 4. The molecule has 1 aliphatic heterocycles. The van der Waals surface area contributed by atoms with Crippen LogP contribution in [0, 0.1) is 12.8 Å². The molecule has 0 spiro atoms. The number of aryl methyl sites for hydroxylation is 1. The number of amides is 1. The zero-order valence-corrected chi connectivity index (χ0v) is 13.9. The van der Waals surface area contributed by atoms with E-state index in [9.17, 15) is 4.79 Å². The third-order valence-corrected chi connectivity index (χ3v) is 4.55.